The topological polar surface area (TPSA) is 55.1 Å². The van der Waals surface area contributed by atoms with E-state index in [1.165, 1.54) is 6.07 Å². The van der Waals surface area contributed by atoms with Gasteiger partial charge in [0.2, 0.25) is 5.91 Å². The molecule has 0 heterocycles. The first-order chi connectivity index (χ1) is 9.88. The highest BCUT2D eigenvalue weighted by Crippen LogP contribution is 2.24. The summed E-state index contributed by atoms with van der Waals surface area (Å²) >= 11 is 11.8. The number of primary amides is 1. The van der Waals surface area contributed by atoms with Crippen LogP contribution in [0.15, 0.2) is 30.3 Å². The number of hydrogen-bond donors (Lipinski definition) is 2. The number of carbonyl (C=O) groups excluding carboxylic acids is 1. The van der Waals surface area contributed by atoms with Crippen LogP contribution in [0.1, 0.15) is 21.5 Å². The number of halogens is 3. The lowest BCUT2D eigenvalue weighted by Gasteiger charge is -2.12. The van der Waals surface area contributed by atoms with Gasteiger partial charge in [-0.3, -0.25) is 4.79 Å². The Bertz CT molecular complexity index is 704. The van der Waals surface area contributed by atoms with Crippen molar-refractivity contribution >= 4 is 34.8 Å². The fourth-order valence-corrected chi connectivity index (χ4v) is 2.17. The number of rotatable bonds is 4. The summed E-state index contributed by atoms with van der Waals surface area (Å²) in [5.74, 6) is -1.16. The minimum Gasteiger partial charge on any atom is -0.381 e. The van der Waals surface area contributed by atoms with E-state index in [1.54, 1.807) is 19.1 Å². The molecular weight excluding hydrogens is 314 g/mol. The van der Waals surface area contributed by atoms with Crippen molar-refractivity contribution in [3.05, 3.63) is 62.9 Å². The Morgan fingerprint density at radius 2 is 1.95 bits per heavy atom. The van der Waals surface area contributed by atoms with Gasteiger partial charge < -0.3 is 11.1 Å². The van der Waals surface area contributed by atoms with E-state index < -0.39 is 11.7 Å². The third-order valence-corrected chi connectivity index (χ3v) is 3.83. The van der Waals surface area contributed by atoms with Crippen LogP contribution in [-0.2, 0) is 6.54 Å². The molecule has 3 N–H and O–H groups in total. The molecule has 3 nitrogen and oxygen atoms in total. The lowest BCUT2D eigenvalue weighted by Crippen LogP contribution is -2.13. The van der Waals surface area contributed by atoms with Crippen LogP contribution in [0.2, 0.25) is 10.0 Å². The molecule has 0 spiro atoms. The van der Waals surface area contributed by atoms with Gasteiger partial charge in [-0.2, -0.15) is 0 Å². The lowest BCUT2D eigenvalue weighted by atomic mass is 10.1. The molecule has 0 atom stereocenters. The molecule has 0 aromatic heterocycles. The second-order valence-corrected chi connectivity index (χ2v) is 5.41. The summed E-state index contributed by atoms with van der Waals surface area (Å²) in [6, 6.07) is 7.87. The maximum Gasteiger partial charge on any atom is 0.248 e. The van der Waals surface area contributed by atoms with Gasteiger partial charge in [0.1, 0.15) is 5.82 Å². The summed E-state index contributed by atoms with van der Waals surface area (Å²) in [6.45, 7) is 2.04. The zero-order chi connectivity index (χ0) is 15.6. The lowest BCUT2D eigenvalue weighted by molar-refractivity contribution is 0.1000. The third kappa shape index (κ3) is 3.65. The molecule has 0 saturated carbocycles. The zero-order valence-corrected chi connectivity index (χ0v) is 12.7. The number of nitrogens with one attached hydrogen (secondary N) is 1. The minimum absolute atomic E-state index is 0.120. The Balaban J connectivity index is 2.23. The highest BCUT2D eigenvalue weighted by Gasteiger charge is 2.10. The van der Waals surface area contributed by atoms with Crippen molar-refractivity contribution in [2.24, 2.45) is 5.73 Å². The van der Waals surface area contributed by atoms with Gasteiger partial charge in [-0.25, -0.2) is 4.39 Å². The van der Waals surface area contributed by atoms with Gasteiger partial charge in [-0.1, -0.05) is 29.3 Å². The minimum atomic E-state index is -0.675. The number of amides is 1. The molecule has 21 heavy (non-hydrogen) atoms. The SMILES string of the molecule is Cc1c(F)cc(C(N)=O)cc1NCc1ccc(Cl)c(Cl)c1. The Morgan fingerprint density at radius 1 is 1.24 bits per heavy atom. The van der Waals surface area contributed by atoms with Crippen molar-refractivity contribution < 1.29 is 9.18 Å². The fraction of sp³-hybridized carbons (Fsp3) is 0.133. The summed E-state index contributed by atoms with van der Waals surface area (Å²) < 4.78 is 13.8. The molecule has 6 heteroatoms. The largest absolute Gasteiger partial charge is 0.381 e. The monoisotopic (exact) mass is 326 g/mol. The molecular formula is C15H13Cl2FN2O. The molecule has 0 aliphatic rings. The highest BCUT2D eigenvalue weighted by atomic mass is 35.5. The number of nitrogens with two attached hydrogens (primary N) is 1. The summed E-state index contributed by atoms with van der Waals surface area (Å²) in [6.07, 6.45) is 0. The number of anilines is 1. The van der Waals surface area contributed by atoms with Crippen LogP contribution in [0.4, 0.5) is 10.1 Å². The van der Waals surface area contributed by atoms with Gasteiger partial charge in [0.25, 0.3) is 0 Å². The quantitative estimate of drug-likeness (QED) is 0.886. The predicted octanol–water partition coefficient (Wildman–Crippen LogP) is 4.15. The average molecular weight is 327 g/mol. The van der Waals surface area contributed by atoms with Gasteiger partial charge >= 0.3 is 0 Å². The average Bonchev–Trinajstić information content (AvgIpc) is 2.43. The van der Waals surface area contributed by atoms with Crippen LogP contribution >= 0.6 is 23.2 Å². The van der Waals surface area contributed by atoms with E-state index in [9.17, 15) is 9.18 Å². The van der Waals surface area contributed by atoms with E-state index in [1.807, 2.05) is 6.07 Å². The highest BCUT2D eigenvalue weighted by molar-refractivity contribution is 6.42. The maximum atomic E-state index is 13.8. The molecule has 0 bridgehead atoms. The van der Waals surface area contributed by atoms with Crippen molar-refractivity contribution in [3.63, 3.8) is 0 Å². The molecule has 0 fully saturated rings. The standard InChI is InChI=1S/C15H13Cl2FN2O/c1-8-13(18)5-10(15(19)21)6-14(8)20-7-9-2-3-11(16)12(17)4-9/h2-6,20H,7H2,1H3,(H2,19,21). The van der Waals surface area contributed by atoms with Crippen molar-refractivity contribution in [1.29, 1.82) is 0 Å². The first-order valence-corrected chi connectivity index (χ1v) is 6.92. The predicted molar refractivity (Wildman–Crippen MR) is 83.4 cm³/mol. The summed E-state index contributed by atoms with van der Waals surface area (Å²) in [7, 11) is 0. The summed E-state index contributed by atoms with van der Waals surface area (Å²) in [5, 5.41) is 3.98. The summed E-state index contributed by atoms with van der Waals surface area (Å²) in [4.78, 5) is 11.2. The third-order valence-electron chi connectivity index (χ3n) is 3.10. The van der Waals surface area contributed by atoms with Crippen LogP contribution in [0, 0.1) is 12.7 Å². The van der Waals surface area contributed by atoms with Gasteiger partial charge in [-0.05, 0) is 36.8 Å². The molecule has 0 unspecified atom stereocenters. The molecule has 2 aromatic rings. The Morgan fingerprint density at radius 3 is 2.57 bits per heavy atom. The van der Waals surface area contributed by atoms with Gasteiger partial charge in [-0.15, -0.1) is 0 Å². The van der Waals surface area contributed by atoms with Crippen molar-refractivity contribution in [2.45, 2.75) is 13.5 Å². The first kappa shape index (κ1) is 15.6. The van der Waals surface area contributed by atoms with E-state index in [0.29, 0.717) is 27.8 Å². The molecule has 0 aliphatic carbocycles. The Hall–Kier alpha value is -1.78. The molecule has 0 saturated heterocycles. The molecule has 0 aliphatic heterocycles. The smallest absolute Gasteiger partial charge is 0.248 e. The van der Waals surface area contributed by atoms with Gasteiger partial charge in [0, 0.05) is 23.4 Å². The van der Waals surface area contributed by atoms with Crippen molar-refractivity contribution in [1.82, 2.24) is 0 Å². The van der Waals surface area contributed by atoms with E-state index in [4.69, 9.17) is 28.9 Å². The first-order valence-electron chi connectivity index (χ1n) is 6.16. The number of benzene rings is 2. The van der Waals surface area contributed by atoms with Crippen molar-refractivity contribution in [3.8, 4) is 0 Å². The normalized spacial score (nSPS) is 10.5. The molecule has 1 amide bonds. The van der Waals surface area contributed by atoms with Gasteiger partial charge in [0.15, 0.2) is 0 Å². The zero-order valence-electron chi connectivity index (χ0n) is 11.2. The molecule has 110 valence electrons. The van der Waals surface area contributed by atoms with Crippen LogP contribution in [0.25, 0.3) is 0 Å². The van der Waals surface area contributed by atoms with E-state index in [-0.39, 0.29) is 5.56 Å². The van der Waals surface area contributed by atoms with Gasteiger partial charge in [0.05, 0.1) is 10.0 Å². The van der Waals surface area contributed by atoms with Crippen LogP contribution in [0.5, 0.6) is 0 Å². The Kier molecular flexibility index (Phi) is 4.70. The Labute approximate surface area is 131 Å². The number of hydrogen-bond acceptors (Lipinski definition) is 2. The molecule has 2 rings (SSSR count). The van der Waals surface area contributed by atoms with Crippen LogP contribution < -0.4 is 11.1 Å². The van der Waals surface area contributed by atoms with E-state index in [2.05, 4.69) is 5.32 Å². The second kappa shape index (κ2) is 6.33. The fourth-order valence-electron chi connectivity index (χ4n) is 1.85. The van der Waals surface area contributed by atoms with Crippen LogP contribution in [-0.4, -0.2) is 5.91 Å². The van der Waals surface area contributed by atoms with Crippen LogP contribution in [0.3, 0.4) is 0 Å². The molecule has 0 radical (unpaired) electrons. The number of carbonyl (C=O) groups is 1. The maximum absolute atomic E-state index is 13.8. The van der Waals surface area contributed by atoms with E-state index in [0.717, 1.165) is 11.6 Å². The van der Waals surface area contributed by atoms with Crippen molar-refractivity contribution in [2.75, 3.05) is 5.32 Å². The van der Waals surface area contributed by atoms with E-state index >= 15 is 0 Å². The second-order valence-electron chi connectivity index (χ2n) is 4.60. The summed E-state index contributed by atoms with van der Waals surface area (Å²) in [5.41, 5.74) is 7.11. The molecule has 2 aromatic carbocycles.